The molecular weight excluding hydrogens is 510 g/mol. The van der Waals surface area contributed by atoms with E-state index in [1.165, 1.54) is 14.0 Å². The summed E-state index contributed by atoms with van der Waals surface area (Å²) >= 11 is 0. The van der Waals surface area contributed by atoms with E-state index < -0.39 is 12.0 Å². The highest BCUT2D eigenvalue weighted by Crippen LogP contribution is 2.25. The summed E-state index contributed by atoms with van der Waals surface area (Å²) in [7, 11) is 1.31. The van der Waals surface area contributed by atoms with Crippen molar-refractivity contribution in [2.24, 2.45) is 5.92 Å². The molecule has 9 nitrogen and oxygen atoms in total. The van der Waals surface area contributed by atoms with Gasteiger partial charge in [-0.25, -0.2) is 4.79 Å². The number of benzene rings is 2. The quantitative estimate of drug-likeness (QED) is 0.457. The van der Waals surface area contributed by atoms with Gasteiger partial charge in [0.2, 0.25) is 17.7 Å². The van der Waals surface area contributed by atoms with Crippen molar-refractivity contribution >= 4 is 23.7 Å². The molecule has 0 bridgehead atoms. The molecule has 2 aliphatic heterocycles. The molecular formula is C31H39N3O6. The maximum absolute atomic E-state index is 13.0. The Balaban J connectivity index is 1.24. The molecule has 3 amide bonds. The van der Waals surface area contributed by atoms with E-state index in [-0.39, 0.29) is 36.1 Å². The first-order valence-corrected chi connectivity index (χ1v) is 14.0. The van der Waals surface area contributed by atoms with Crippen LogP contribution in [0.5, 0.6) is 5.75 Å². The number of hydrogen-bond donors (Lipinski definition) is 1. The summed E-state index contributed by atoms with van der Waals surface area (Å²) in [6, 6.07) is 16.2. The normalized spacial score (nSPS) is 18.2. The number of hydrogen-bond acceptors (Lipinski definition) is 6. The Morgan fingerprint density at radius 3 is 2.27 bits per heavy atom. The highest BCUT2D eigenvalue weighted by molar-refractivity contribution is 5.88. The third kappa shape index (κ3) is 7.83. The Hall–Kier alpha value is -3.88. The topological polar surface area (TPSA) is 105 Å². The Morgan fingerprint density at radius 2 is 1.62 bits per heavy atom. The third-order valence-electron chi connectivity index (χ3n) is 7.78. The van der Waals surface area contributed by atoms with Crippen molar-refractivity contribution in [2.75, 3.05) is 26.7 Å². The van der Waals surface area contributed by atoms with Gasteiger partial charge in [0, 0.05) is 39.4 Å². The van der Waals surface area contributed by atoms with Gasteiger partial charge in [0.05, 0.1) is 7.11 Å². The van der Waals surface area contributed by atoms with Crippen LogP contribution in [0, 0.1) is 5.92 Å². The molecule has 0 aromatic heterocycles. The molecule has 2 aromatic carbocycles. The fourth-order valence-electron chi connectivity index (χ4n) is 5.52. The monoisotopic (exact) mass is 549 g/mol. The van der Waals surface area contributed by atoms with Gasteiger partial charge in [-0.05, 0) is 54.9 Å². The second-order valence-electron chi connectivity index (χ2n) is 10.6. The van der Waals surface area contributed by atoms with Crippen molar-refractivity contribution in [3.63, 3.8) is 0 Å². The number of carbonyl (C=O) groups excluding carboxylic acids is 4. The Bertz CT molecular complexity index is 1160. The van der Waals surface area contributed by atoms with Crippen molar-refractivity contribution in [1.82, 2.24) is 15.1 Å². The van der Waals surface area contributed by atoms with Gasteiger partial charge in [-0.1, -0.05) is 42.5 Å². The molecule has 2 aromatic rings. The van der Waals surface area contributed by atoms with Gasteiger partial charge in [0.15, 0.2) is 0 Å². The fraction of sp³-hybridized carbons (Fsp3) is 0.484. The van der Waals surface area contributed by atoms with Crippen molar-refractivity contribution in [1.29, 1.82) is 0 Å². The summed E-state index contributed by atoms with van der Waals surface area (Å²) in [5.74, 6) is 0.0907. The molecule has 1 N–H and O–H groups in total. The molecule has 0 spiro atoms. The SMILES string of the molecule is COC(=O)[C@H](Cc1ccc(OCc2ccccc2)cc1)NC(=O)CC1CCN(C(=O)[C@@H]2CCCN2C(C)=O)CC1. The van der Waals surface area contributed by atoms with Gasteiger partial charge in [-0.3, -0.25) is 14.4 Å². The van der Waals surface area contributed by atoms with E-state index in [4.69, 9.17) is 9.47 Å². The van der Waals surface area contributed by atoms with Crippen LogP contribution >= 0.6 is 0 Å². The number of amides is 3. The van der Waals surface area contributed by atoms with Crippen LogP contribution in [-0.2, 0) is 36.9 Å². The van der Waals surface area contributed by atoms with Gasteiger partial charge in [-0.2, -0.15) is 0 Å². The molecule has 40 heavy (non-hydrogen) atoms. The van der Waals surface area contributed by atoms with Crippen molar-refractivity contribution in [3.8, 4) is 5.75 Å². The Morgan fingerprint density at radius 1 is 0.925 bits per heavy atom. The first-order chi connectivity index (χ1) is 19.3. The average Bonchev–Trinajstić information content (AvgIpc) is 3.47. The lowest BCUT2D eigenvalue weighted by atomic mass is 9.92. The fourth-order valence-corrected chi connectivity index (χ4v) is 5.52. The number of ether oxygens (including phenoxy) is 2. The smallest absolute Gasteiger partial charge is 0.328 e. The molecule has 2 fully saturated rings. The number of carbonyl (C=O) groups is 4. The van der Waals surface area contributed by atoms with Crippen LogP contribution in [0.3, 0.4) is 0 Å². The van der Waals surface area contributed by atoms with E-state index in [9.17, 15) is 19.2 Å². The Kier molecular flexibility index (Phi) is 10.2. The number of likely N-dealkylation sites (tertiary alicyclic amines) is 2. The average molecular weight is 550 g/mol. The standard InChI is InChI=1S/C31H39N3O6/c1-22(35)34-16-6-9-28(34)30(37)33-17-14-24(15-18-33)20-29(36)32-27(31(38)39-2)19-23-10-12-26(13-11-23)40-21-25-7-4-3-5-8-25/h3-5,7-8,10-13,24,27-28H,6,9,14-21H2,1-2H3,(H,32,36)/t27-,28-/m0/s1. The van der Waals surface area contributed by atoms with Gasteiger partial charge in [0.1, 0.15) is 24.4 Å². The van der Waals surface area contributed by atoms with Crippen LogP contribution < -0.4 is 10.1 Å². The number of rotatable bonds is 10. The molecule has 214 valence electrons. The van der Waals surface area contributed by atoms with E-state index in [1.807, 2.05) is 59.5 Å². The van der Waals surface area contributed by atoms with Crippen LogP contribution in [0.15, 0.2) is 54.6 Å². The minimum absolute atomic E-state index is 0.0119. The predicted octanol–water partition coefficient (Wildman–Crippen LogP) is 3.11. The zero-order valence-electron chi connectivity index (χ0n) is 23.3. The van der Waals surface area contributed by atoms with Crippen LogP contribution in [0.4, 0.5) is 0 Å². The van der Waals surface area contributed by atoms with Crippen LogP contribution in [0.2, 0.25) is 0 Å². The summed E-state index contributed by atoms with van der Waals surface area (Å²) in [5.41, 5.74) is 1.95. The number of nitrogens with zero attached hydrogens (tertiary/aromatic N) is 2. The number of piperidine rings is 1. The van der Waals surface area contributed by atoms with Crippen molar-refractivity contribution < 1.29 is 28.7 Å². The molecule has 2 saturated heterocycles. The second kappa shape index (κ2) is 14.0. The van der Waals surface area contributed by atoms with Crippen molar-refractivity contribution in [3.05, 3.63) is 65.7 Å². The van der Waals surface area contributed by atoms with Crippen LogP contribution in [0.25, 0.3) is 0 Å². The molecule has 2 atom stereocenters. The van der Waals surface area contributed by atoms with Gasteiger partial charge < -0.3 is 24.6 Å². The van der Waals surface area contributed by atoms with Gasteiger partial charge in [-0.15, -0.1) is 0 Å². The highest BCUT2D eigenvalue weighted by atomic mass is 16.5. The maximum Gasteiger partial charge on any atom is 0.328 e. The lowest BCUT2D eigenvalue weighted by Gasteiger charge is -2.35. The van der Waals surface area contributed by atoms with E-state index in [0.717, 1.165) is 23.3 Å². The third-order valence-corrected chi connectivity index (χ3v) is 7.78. The largest absolute Gasteiger partial charge is 0.489 e. The molecule has 0 radical (unpaired) electrons. The molecule has 0 aliphatic carbocycles. The van der Waals surface area contributed by atoms with Crippen molar-refractivity contribution in [2.45, 2.75) is 64.1 Å². The molecule has 9 heteroatoms. The van der Waals surface area contributed by atoms with E-state index in [0.29, 0.717) is 51.9 Å². The maximum atomic E-state index is 13.0. The predicted molar refractivity (Wildman–Crippen MR) is 149 cm³/mol. The number of methoxy groups -OCH3 is 1. The Labute approximate surface area is 235 Å². The molecule has 0 unspecified atom stereocenters. The van der Waals surface area contributed by atoms with E-state index in [2.05, 4.69) is 5.32 Å². The summed E-state index contributed by atoms with van der Waals surface area (Å²) in [5, 5.41) is 2.85. The van der Waals surface area contributed by atoms with Gasteiger partial charge >= 0.3 is 5.97 Å². The van der Waals surface area contributed by atoms with Gasteiger partial charge in [0.25, 0.3) is 0 Å². The lowest BCUT2D eigenvalue weighted by Crippen LogP contribution is -2.50. The first-order valence-electron chi connectivity index (χ1n) is 14.0. The second-order valence-corrected chi connectivity index (χ2v) is 10.6. The highest BCUT2D eigenvalue weighted by Gasteiger charge is 2.36. The van der Waals surface area contributed by atoms with E-state index >= 15 is 0 Å². The molecule has 2 heterocycles. The summed E-state index contributed by atoms with van der Waals surface area (Å²) in [6.45, 7) is 3.74. The minimum Gasteiger partial charge on any atom is -0.489 e. The summed E-state index contributed by atoms with van der Waals surface area (Å²) in [6.07, 6.45) is 3.56. The minimum atomic E-state index is -0.796. The summed E-state index contributed by atoms with van der Waals surface area (Å²) in [4.78, 5) is 53.7. The lowest BCUT2D eigenvalue weighted by molar-refractivity contribution is -0.145. The van der Waals surface area contributed by atoms with Crippen LogP contribution in [0.1, 0.15) is 50.2 Å². The number of esters is 1. The first kappa shape index (κ1) is 29.1. The summed E-state index contributed by atoms with van der Waals surface area (Å²) < 4.78 is 10.8. The molecule has 4 rings (SSSR count). The molecule has 2 aliphatic rings. The van der Waals surface area contributed by atoms with E-state index in [1.54, 1.807) is 4.90 Å². The number of nitrogens with one attached hydrogen (secondary N) is 1. The van der Waals surface area contributed by atoms with Crippen LogP contribution in [-0.4, -0.2) is 72.3 Å². The molecule has 0 saturated carbocycles. The zero-order chi connectivity index (χ0) is 28.5. The zero-order valence-corrected chi connectivity index (χ0v) is 23.3.